The van der Waals surface area contributed by atoms with E-state index < -0.39 is 0 Å². The molecule has 0 fully saturated rings. The average molecular weight is 356 g/mol. The molecule has 0 radical (unpaired) electrons. The van der Waals surface area contributed by atoms with E-state index in [1.165, 1.54) is 0 Å². The molecule has 1 aliphatic rings. The molecule has 2 heterocycles. The molecular formula is C20H28N4O2. The summed E-state index contributed by atoms with van der Waals surface area (Å²) in [5, 5.41) is 3.22. The summed E-state index contributed by atoms with van der Waals surface area (Å²) in [6.07, 6.45) is 5.47. The summed E-state index contributed by atoms with van der Waals surface area (Å²) in [5.74, 6) is 0.965. The van der Waals surface area contributed by atoms with Crippen LogP contribution in [0.5, 0.6) is 5.75 Å². The van der Waals surface area contributed by atoms with Crippen LogP contribution in [0.1, 0.15) is 26.3 Å². The summed E-state index contributed by atoms with van der Waals surface area (Å²) in [5.41, 5.74) is 1.08. The number of fused-ring (bicyclic) bond motifs is 1. The van der Waals surface area contributed by atoms with E-state index >= 15 is 0 Å². The number of benzene rings is 1. The van der Waals surface area contributed by atoms with Gasteiger partial charge in [0.2, 0.25) is 5.91 Å². The number of aromatic nitrogens is 2. The summed E-state index contributed by atoms with van der Waals surface area (Å²) in [6, 6.07) is 8.06. The number of hydrogen-bond acceptors (Lipinski definition) is 4. The first-order chi connectivity index (χ1) is 12.4. The molecule has 0 saturated carbocycles. The molecule has 6 heteroatoms. The Bertz CT molecular complexity index is 722. The van der Waals surface area contributed by atoms with Crippen molar-refractivity contribution in [2.24, 2.45) is 5.41 Å². The van der Waals surface area contributed by atoms with Gasteiger partial charge < -0.3 is 14.6 Å². The highest BCUT2D eigenvalue weighted by molar-refractivity contribution is 5.78. The molecular weight excluding hydrogens is 328 g/mol. The lowest BCUT2D eigenvalue weighted by atomic mass is 9.86. The number of imidazole rings is 1. The molecule has 140 valence electrons. The molecule has 2 aromatic rings. The molecule has 1 atom stereocenters. The summed E-state index contributed by atoms with van der Waals surface area (Å²) in [4.78, 5) is 18.9. The normalized spacial score (nSPS) is 16.3. The van der Waals surface area contributed by atoms with Crippen molar-refractivity contribution in [3.05, 3.63) is 48.5 Å². The Morgan fingerprint density at radius 2 is 2.15 bits per heavy atom. The minimum atomic E-state index is -0.0472. The van der Waals surface area contributed by atoms with Crippen LogP contribution in [0.3, 0.4) is 0 Å². The Hall–Kier alpha value is -2.34. The monoisotopic (exact) mass is 356 g/mol. The van der Waals surface area contributed by atoms with E-state index in [1.54, 1.807) is 12.5 Å². The highest BCUT2D eigenvalue weighted by atomic mass is 16.5. The fourth-order valence-electron chi connectivity index (χ4n) is 3.10. The molecule has 3 rings (SSSR count). The predicted octanol–water partition coefficient (Wildman–Crippen LogP) is 2.31. The highest BCUT2D eigenvalue weighted by Gasteiger charge is 2.27. The zero-order valence-electron chi connectivity index (χ0n) is 15.8. The number of rotatable bonds is 5. The second-order valence-corrected chi connectivity index (χ2v) is 7.91. The minimum absolute atomic E-state index is 0.0275. The smallest absolute Gasteiger partial charge is 0.234 e. The zero-order chi connectivity index (χ0) is 18.6. The molecule has 1 aromatic heterocycles. The Kier molecular flexibility index (Phi) is 5.61. The number of para-hydroxylation sites is 1. The summed E-state index contributed by atoms with van der Waals surface area (Å²) >= 11 is 0. The maximum Gasteiger partial charge on any atom is 0.234 e. The fraction of sp³-hybridized carbons (Fsp3) is 0.500. The van der Waals surface area contributed by atoms with Gasteiger partial charge in [-0.25, -0.2) is 4.98 Å². The van der Waals surface area contributed by atoms with Gasteiger partial charge in [-0.05, 0) is 11.5 Å². The van der Waals surface area contributed by atoms with E-state index in [0.29, 0.717) is 19.7 Å². The van der Waals surface area contributed by atoms with Crippen LogP contribution in [-0.2, 0) is 17.9 Å². The first-order valence-corrected chi connectivity index (χ1v) is 9.10. The molecule has 1 aromatic carbocycles. The molecule has 26 heavy (non-hydrogen) atoms. The second kappa shape index (κ2) is 7.91. The number of carbonyl (C=O) groups excluding carboxylic acids is 1. The molecule has 1 N–H and O–H groups in total. The summed E-state index contributed by atoms with van der Waals surface area (Å²) in [7, 11) is 0. The lowest BCUT2D eigenvalue weighted by molar-refractivity contribution is -0.124. The van der Waals surface area contributed by atoms with E-state index in [-0.39, 0.29) is 17.4 Å². The van der Waals surface area contributed by atoms with Crippen LogP contribution in [-0.4, -0.2) is 46.1 Å². The van der Waals surface area contributed by atoms with Crippen LogP contribution in [0.15, 0.2) is 43.0 Å². The number of ether oxygens (including phenoxy) is 1. The number of carbonyl (C=O) groups is 1. The quantitative estimate of drug-likeness (QED) is 0.893. The van der Waals surface area contributed by atoms with Gasteiger partial charge in [-0.1, -0.05) is 39.0 Å². The van der Waals surface area contributed by atoms with E-state index in [0.717, 1.165) is 24.4 Å². The third-order valence-corrected chi connectivity index (χ3v) is 4.73. The van der Waals surface area contributed by atoms with Gasteiger partial charge in [0, 0.05) is 37.6 Å². The van der Waals surface area contributed by atoms with Crippen molar-refractivity contribution in [1.29, 1.82) is 0 Å². The number of nitrogens with zero attached hydrogens (tertiary/aromatic N) is 3. The molecule has 1 aliphatic heterocycles. The first kappa shape index (κ1) is 18.5. The molecule has 0 saturated heterocycles. The van der Waals surface area contributed by atoms with Crippen LogP contribution in [0.4, 0.5) is 0 Å². The van der Waals surface area contributed by atoms with E-state index in [2.05, 4.69) is 42.0 Å². The lowest BCUT2D eigenvalue weighted by Gasteiger charge is -2.32. The van der Waals surface area contributed by atoms with Crippen molar-refractivity contribution in [2.75, 3.05) is 19.7 Å². The Labute approximate surface area is 155 Å². The van der Waals surface area contributed by atoms with Crippen molar-refractivity contribution >= 4 is 5.91 Å². The van der Waals surface area contributed by atoms with Crippen molar-refractivity contribution in [2.45, 2.75) is 39.9 Å². The van der Waals surface area contributed by atoms with Crippen molar-refractivity contribution in [3.8, 4) is 5.75 Å². The third-order valence-electron chi connectivity index (χ3n) is 4.73. The van der Waals surface area contributed by atoms with E-state index in [4.69, 9.17) is 4.74 Å². The largest absolute Gasteiger partial charge is 0.492 e. The van der Waals surface area contributed by atoms with Crippen molar-refractivity contribution < 1.29 is 9.53 Å². The average Bonchev–Trinajstić information content (AvgIpc) is 2.99. The topological polar surface area (TPSA) is 59.4 Å². The van der Waals surface area contributed by atoms with E-state index in [9.17, 15) is 4.79 Å². The molecule has 0 spiro atoms. The van der Waals surface area contributed by atoms with Crippen LogP contribution < -0.4 is 10.1 Å². The van der Waals surface area contributed by atoms with Gasteiger partial charge in [-0.3, -0.25) is 9.69 Å². The second-order valence-electron chi connectivity index (χ2n) is 7.91. The van der Waals surface area contributed by atoms with Crippen molar-refractivity contribution in [1.82, 2.24) is 19.8 Å². The fourth-order valence-corrected chi connectivity index (χ4v) is 3.10. The minimum Gasteiger partial charge on any atom is -0.492 e. The zero-order valence-corrected chi connectivity index (χ0v) is 15.8. The van der Waals surface area contributed by atoms with Gasteiger partial charge in [0.05, 0.1) is 18.9 Å². The molecule has 0 aliphatic carbocycles. The predicted molar refractivity (Wildman–Crippen MR) is 101 cm³/mol. The SMILES string of the molecule is CC(C)(C)C(Cn1ccnc1)NC(=O)CN1CCOc2ccccc2C1. The maximum atomic E-state index is 12.7. The number of amides is 1. The Morgan fingerprint density at radius 3 is 2.88 bits per heavy atom. The van der Waals surface area contributed by atoms with Gasteiger partial charge in [-0.15, -0.1) is 0 Å². The van der Waals surface area contributed by atoms with Gasteiger partial charge in [0.15, 0.2) is 0 Å². The van der Waals surface area contributed by atoms with Crippen LogP contribution in [0, 0.1) is 5.41 Å². The molecule has 0 bridgehead atoms. The van der Waals surface area contributed by atoms with Crippen LogP contribution in [0.25, 0.3) is 0 Å². The standard InChI is InChI=1S/C20H28N4O2/c1-20(2,3)18(13-24-9-8-21-15-24)22-19(25)14-23-10-11-26-17-7-5-4-6-16(17)12-23/h4-9,15,18H,10-14H2,1-3H3,(H,22,25). The maximum absolute atomic E-state index is 12.7. The summed E-state index contributed by atoms with van der Waals surface area (Å²) < 4.78 is 7.79. The molecule has 1 unspecified atom stereocenters. The van der Waals surface area contributed by atoms with Gasteiger partial charge in [0.1, 0.15) is 12.4 Å². The number of nitrogens with one attached hydrogen (secondary N) is 1. The van der Waals surface area contributed by atoms with Gasteiger partial charge in [0.25, 0.3) is 0 Å². The lowest BCUT2D eigenvalue weighted by Crippen LogP contribution is -2.49. The van der Waals surface area contributed by atoms with Gasteiger partial charge >= 0.3 is 0 Å². The highest BCUT2D eigenvalue weighted by Crippen LogP contribution is 2.23. The first-order valence-electron chi connectivity index (χ1n) is 9.10. The van der Waals surface area contributed by atoms with E-state index in [1.807, 2.05) is 29.0 Å². The third kappa shape index (κ3) is 4.85. The van der Waals surface area contributed by atoms with Crippen LogP contribution in [0.2, 0.25) is 0 Å². The van der Waals surface area contributed by atoms with Gasteiger partial charge in [-0.2, -0.15) is 0 Å². The molecule has 1 amide bonds. The Balaban J connectivity index is 1.61. The van der Waals surface area contributed by atoms with Crippen LogP contribution >= 0.6 is 0 Å². The summed E-state index contributed by atoms with van der Waals surface area (Å²) in [6.45, 7) is 9.58. The number of hydrogen-bond donors (Lipinski definition) is 1. The van der Waals surface area contributed by atoms with Crippen molar-refractivity contribution in [3.63, 3.8) is 0 Å². The Morgan fingerprint density at radius 1 is 1.35 bits per heavy atom. The molecule has 6 nitrogen and oxygen atoms in total.